The first kappa shape index (κ1) is 18.3. The number of nitrogens with one attached hydrogen (secondary N) is 2. The van der Waals surface area contributed by atoms with E-state index < -0.39 is 11.9 Å². The first-order valence-corrected chi connectivity index (χ1v) is 9.81. The Morgan fingerprint density at radius 2 is 2.10 bits per heavy atom. The Labute approximate surface area is 172 Å². The fourth-order valence-corrected chi connectivity index (χ4v) is 4.24. The highest BCUT2D eigenvalue weighted by atomic mass is 16.5. The van der Waals surface area contributed by atoms with Gasteiger partial charge in [0.25, 0.3) is 5.91 Å². The lowest BCUT2D eigenvalue weighted by Gasteiger charge is -2.17. The first-order chi connectivity index (χ1) is 14.6. The van der Waals surface area contributed by atoms with Crippen molar-refractivity contribution in [2.45, 2.75) is 24.8 Å². The summed E-state index contributed by atoms with van der Waals surface area (Å²) in [7, 11) is 1.53. The van der Waals surface area contributed by atoms with E-state index in [1.165, 1.54) is 25.6 Å². The molecule has 0 spiro atoms. The van der Waals surface area contributed by atoms with Crippen LogP contribution in [0.2, 0.25) is 0 Å². The molecule has 0 aliphatic heterocycles. The largest absolute Gasteiger partial charge is 0.619 e. The van der Waals surface area contributed by atoms with Gasteiger partial charge in [0, 0.05) is 18.5 Å². The van der Waals surface area contributed by atoms with Crippen LogP contribution in [0.15, 0.2) is 48.9 Å². The summed E-state index contributed by atoms with van der Waals surface area (Å²) in [6, 6.07) is 8.23. The number of carbonyl (C=O) groups is 2. The van der Waals surface area contributed by atoms with Crippen LogP contribution in [0.1, 0.15) is 45.7 Å². The van der Waals surface area contributed by atoms with Gasteiger partial charge in [-0.15, -0.1) is 0 Å². The molecule has 2 amide bonds. The third kappa shape index (κ3) is 2.99. The molecule has 0 radical (unpaired) electrons. The van der Waals surface area contributed by atoms with Crippen molar-refractivity contribution in [1.82, 2.24) is 25.4 Å². The number of amides is 2. The van der Waals surface area contributed by atoms with Gasteiger partial charge in [-0.2, -0.15) is 9.83 Å². The number of hydrogen-bond donors (Lipinski definition) is 2. The summed E-state index contributed by atoms with van der Waals surface area (Å²) in [4.78, 5) is 29.9. The topological polar surface area (TPSA) is 116 Å². The Hall–Kier alpha value is -3.75. The van der Waals surface area contributed by atoms with Crippen LogP contribution in [0.3, 0.4) is 0 Å². The number of fused-ring (bicyclic) bond motifs is 3. The van der Waals surface area contributed by atoms with Crippen LogP contribution in [0.25, 0.3) is 5.82 Å². The Balaban J connectivity index is 1.51. The SMILES string of the molecule is CNC(=O)C(NC(=O)c1nn(-c2c[n+]([O-])ccn2)c2c1C[C@H]1C[C@@H]21)c1ccccc1. The van der Waals surface area contributed by atoms with Crippen molar-refractivity contribution in [3.8, 4) is 5.82 Å². The predicted molar refractivity (Wildman–Crippen MR) is 106 cm³/mol. The number of nitrogens with zero attached hydrogens (tertiary/aromatic N) is 4. The van der Waals surface area contributed by atoms with Crippen molar-refractivity contribution < 1.29 is 14.3 Å². The third-order valence-electron chi connectivity index (χ3n) is 5.78. The molecule has 0 saturated heterocycles. The molecule has 1 aromatic carbocycles. The van der Waals surface area contributed by atoms with E-state index >= 15 is 0 Å². The molecule has 3 aromatic rings. The van der Waals surface area contributed by atoms with Crippen LogP contribution in [0.5, 0.6) is 0 Å². The van der Waals surface area contributed by atoms with E-state index in [0.29, 0.717) is 27.9 Å². The quantitative estimate of drug-likeness (QED) is 0.482. The first-order valence-electron chi connectivity index (χ1n) is 9.81. The second-order valence-corrected chi connectivity index (χ2v) is 7.64. The van der Waals surface area contributed by atoms with Gasteiger partial charge in [0.15, 0.2) is 11.9 Å². The number of hydrogen-bond acceptors (Lipinski definition) is 5. The third-order valence-corrected chi connectivity index (χ3v) is 5.78. The lowest BCUT2D eigenvalue weighted by Crippen LogP contribution is -2.39. The molecule has 152 valence electrons. The summed E-state index contributed by atoms with van der Waals surface area (Å²) in [5, 5.41) is 21.6. The highest BCUT2D eigenvalue weighted by Crippen LogP contribution is 2.57. The van der Waals surface area contributed by atoms with Crippen LogP contribution in [0, 0.1) is 11.1 Å². The van der Waals surface area contributed by atoms with Crippen molar-refractivity contribution in [1.29, 1.82) is 0 Å². The summed E-state index contributed by atoms with van der Waals surface area (Å²) in [5.74, 6) is 0.476. The van der Waals surface area contributed by atoms with Gasteiger partial charge in [0.05, 0.1) is 11.9 Å². The second-order valence-electron chi connectivity index (χ2n) is 7.64. The van der Waals surface area contributed by atoms with E-state index in [0.717, 1.165) is 24.1 Å². The molecule has 30 heavy (non-hydrogen) atoms. The second kappa shape index (κ2) is 6.94. The zero-order valence-corrected chi connectivity index (χ0v) is 16.3. The molecule has 0 bridgehead atoms. The molecule has 2 aliphatic rings. The van der Waals surface area contributed by atoms with E-state index in [9.17, 15) is 14.8 Å². The van der Waals surface area contributed by atoms with Crippen molar-refractivity contribution in [3.63, 3.8) is 0 Å². The standard InChI is InChI=1S/C21H20N6O3/c1-22-20(28)17(12-5-3-2-4-6-12)24-21(29)18-15-10-13-9-14(13)19(15)27(25-18)16-11-26(30)8-7-23-16/h2-8,11,13-14,17H,9-10H2,1H3,(H,22,28)(H,24,29)/t13-,14-,17?/m1/s1. The average Bonchev–Trinajstić information content (AvgIpc) is 3.26. The maximum Gasteiger partial charge on any atom is 0.272 e. The van der Waals surface area contributed by atoms with Crippen LogP contribution in [-0.2, 0) is 11.2 Å². The highest BCUT2D eigenvalue weighted by molar-refractivity contribution is 5.98. The lowest BCUT2D eigenvalue weighted by molar-refractivity contribution is -0.605. The lowest BCUT2D eigenvalue weighted by atomic mass is 10.1. The van der Waals surface area contributed by atoms with Crippen LogP contribution < -0.4 is 15.4 Å². The molecular formula is C21H20N6O3. The number of rotatable bonds is 5. The Morgan fingerprint density at radius 3 is 2.83 bits per heavy atom. The van der Waals surface area contributed by atoms with Crippen molar-refractivity contribution in [3.05, 3.63) is 76.6 Å². The average molecular weight is 404 g/mol. The van der Waals surface area contributed by atoms with E-state index in [-0.39, 0.29) is 11.6 Å². The van der Waals surface area contributed by atoms with Gasteiger partial charge in [-0.25, -0.2) is 9.67 Å². The van der Waals surface area contributed by atoms with Crippen LogP contribution >= 0.6 is 0 Å². The molecule has 9 nitrogen and oxygen atoms in total. The minimum Gasteiger partial charge on any atom is -0.619 e. The van der Waals surface area contributed by atoms with Gasteiger partial charge in [0.2, 0.25) is 17.9 Å². The van der Waals surface area contributed by atoms with E-state index in [4.69, 9.17) is 0 Å². The summed E-state index contributed by atoms with van der Waals surface area (Å²) >= 11 is 0. The van der Waals surface area contributed by atoms with Gasteiger partial charge in [-0.1, -0.05) is 30.3 Å². The van der Waals surface area contributed by atoms with E-state index in [1.807, 2.05) is 18.2 Å². The van der Waals surface area contributed by atoms with Gasteiger partial charge in [-0.3, -0.25) is 9.59 Å². The summed E-state index contributed by atoms with van der Waals surface area (Å²) < 4.78 is 2.26. The molecule has 3 atom stereocenters. The highest BCUT2D eigenvalue weighted by Gasteiger charge is 2.50. The maximum atomic E-state index is 13.2. The number of benzene rings is 1. The zero-order chi connectivity index (χ0) is 20.8. The molecule has 9 heteroatoms. The van der Waals surface area contributed by atoms with Gasteiger partial charge < -0.3 is 15.8 Å². The van der Waals surface area contributed by atoms with Gasteiger partial charge >= 0.3 is 0 Å². The van der Waals surface area contributed by atoms with Crippen molar-refractivity contribution in [2.24, 2.45) is 5.92 Å². The van der Waals surface area contributed by atoms with Crippen molar-refractivity contribution >= 4 is 11.8 Å². The summed E-state index contributed by atoms with van der Waals surface area (Å²) in [5.41, 5.74) is 2.78. The molecule has 1 fully saturated rings. The molecular weight excluding hydrogens is 384 g/mol. The van der Waals surface area contributed by atoms with Crippen molar-refractivity contribution in [2.75, 3.05) is 7.05 Å². The molecule has 2 aromatic heterocycles. The van der Waals surface area contributed by atoms with Gasteiger partial charge in [0.1, 0.15) is 6.04 Å². The van der Waals surface area contributed by atoms with Crippen LogP contribution in [-0.4, -0.2) is 33.6 Å². The van der Waals surface area contributed by atoms with Gasteiger partial charge in [-0.05, 0) is 24.3 Å². The smallest absolute Gasteiger partial charge is 0.272 e. The Kier molecular flexibility index (Phi) is 4.23. The Morgan fingerprint density at radius 1 is 1.30 bits per heavy atom. The minimum absolute atomic E-state index is 0.283. The molecule has 2 heterocycles. The maximum absolute atomic E-state index is 13.2. The van der Waals surface area contributed by atoms with E-state index in [1.54, 1.807) is 16.8 Å². The summed E-state index contributed by atoms with van der Waals surface area (Å²) in [6.45, 7) is 0. The Bertz CT molecular complexity index is 1140. The minimum atomic E-state index is -0.834. The fraction of sp³-hybridized carbons (Fsp3) is 0.286. The monoisotopic (exact) mass is 404 g/mol. The zero-order valence-electron chi connectivity index (χ0n) is 16.3. The predicted octanol–water partition coefficient (Wildman–Crippen LogP) is 0.777. The number of carbonyl (C=O) groups excluding carboxylic acids is 2. The molecule has 1 unspecified atom stereocenters. The van der Waals surface area contributed by atoms with Crippen LogP contribution in [0.4, 0.5) is 0 Å². The molecule has 2 aliphatic carbocycles. The van der Waals surface area contributed by atoms with E-state index in [2.05, 4.69) is 20.7 Å². The fourth-order valence-electron chi connectivity index (χ4n) is 4.24. The molecule has 1 saturated carbocycles. The number of aromatic nitrogens is 4. The molecule has 5 rings (SSSR count). The number of likely N-dealkylation sites (N-methyl/N-ethyl adjacent to an activating group) is 1. The summed E-state index contributed by atoms with van der Waals surface area (Å²) in [6.07, 6.45) is 5.86. The normalized spacial score (nSPS) is 19.5. The molecule has 2 N–H and O–H groups in total.